The average Bonchev–Trinajstić information content (AvgIpc) is 2.84. The van der Waals surface area contributed by atoms with Crippen LogP contribution in [0.3, 0.4) is 0 Å². The van der Waals surface area contributed by atoms with Crippen LogP contribution in [0.2, 0.25) is 0 Å². The van der Waals surface area contributed by atoms with Gasteiger partial charge in [-0.25, -0.2) is 9.07 Å². The number of amides is 1. The summed E-state index contributed by atoms with van der Waals surface area (Å²) in [5.74, 6) is 1.46. The van der Waals surface area contributed by atoms with Crippen LogP contribution in [0.4, 0.5) is 8.78 Å². The van der Waals surface area contributed by atoms with E-state index in [1.807, 2.05) is 6.92 Å². The van der Waals surface area contributed by atoms with Gasteiger partial charge < -0.3 is 5.32 Å². The molecule has 0 fully saturated rings. The summed E-state index contributed by atoms with van der Waals surface area (Å²) in [4.78, 5) is 24.8. The number of benzene rings is 1. The van der Waals surface area contributed by atoms with Gasteiger partial charge in [0.05, 0.1) is 19.8 Å². The maximum absolute atomic E-state index is 13.1. The van der Waals surface area contributed by atoms with Gasteiger partial charge in [0.25, 0.3) is 11.5 Å². The van der Waals surface area contributed by atoms with Crippen LogP contribution in [0.25, 0.3) is 0 Å². The quantitative estimate of drug-likeness (QED) is 0.861. The molecule has 0 aliphatic carbocycles. The number of carbonyl (C=O) groups is 1. The first-order valence-electron chi connectivity index (χ1n) is 7.51. The molecule has 1 amide bonds. The Labute approximate surface area is 145 Å². The molecule has 1 aromatic carbocycles. The van der Waals surface area contributed by atoms with E-state index in [2.05, 4.69) is 11.2 Å². The molecule has 0 spiro atoms. The summed E-state index contributed by atoms with van der Waals surface area (Å²) in [5.41, 5.74) is 0.969. The number of hydrogen-bond donors (Lipinski definition) is 1. The van der Waals surface area contributed by atoms with E-state index in [1.165, 1.54) is 16.8 Å². The van der Waals surface area contributed by atoms with Crippen LogP contribution in [0.1, 0.15) is 34.6 Å². The maximum Gasteiger partial charge on any atom is 0.280 e. The molecule has 0 saturated heterocycles. The summed E-state index contributed by atoms with van der Waals surface area (Å²) in [6, 6.07) is 5.57. The molecule has 0 aliphatic heterocycles. The molecule has 7 heteroatoms. The van der Waals surface area contributed by atoms with Crippen molar-refractivity contribution in [1.82, 2.24) is 14.7 Å². The van der Waals surface area contributed by atoms with E-state index in [0.717, 1.165) is 5.56 Å². The van der Waals surface area contributed by atoms with Crippen molar-refractivity contribution in [2.45, 2.75) is 19.9 Å². The number of carbonyl (C=O) groups excluding carboxylic acids is 1. The van der Waals surface area contributed by atoms with Crippen molar-refractivity contribution in [2.75, 3.05) is 13.7 Å². The van der Waals surface area contributed by atoms with Crippen LogP contribution in [0.15, 0.2) is 29.1 Å². The molecule has 2 aromatic rings. The summed E-state index contributed by atoms with van der Waals surface area (Å²) in [5, 5.41) is 2.51. The number of nitrogens with zero attached hydrogens (tertiary/aromatic N) is 2. The first kappa shape index (κ1) is 20.2. The van der Waals surface area contributed by atoms with Crippen LogP contribution in [-0.2, 0) is 7.05 Å². The average molecular weight is 349 g/mol. The molecule has 0 aliphatic rings. The predicted octanol–water partition coefficient (Wildman–Crippen LogP) is 2.19. The van der Waals surface area contributed by atoms with Gasteiger partial charge in [0, 0.05) is 12.7 Å². The molecule has 1 unspecified atom stereocenters. The fourth-order valence-corrected chi connectivity index (χ4v) is 2.53. The third-order valence-electron chi connectivity index (χ3n) is 3.89. The first-order chi connectivity index (χ1) is 11.9. The minimum Gasteiger partial charge on any atom is -0.341 e. The Kier molecular flexibility index (Phi) is 7.12. The molecular formula is C18H21F2N3O2. The summed E-state index contributed by atoms with van der Waals surface area (Å²) in [6.45, 7) is 3.57. The normalized spacial score (nSPS) is 11.1. The number of alkyl halides is 1. The molecule has 25 heavy (non-hydrogen) atoms. The third-order valence-corrected chi connectivity index (χ3v) is 3.89. The number of nitrogens with one attached hydrogen (secondary N) is 1. The zero-order valence-corrected chi connectivity index (χ0v) is 14.6. The molecule has 1 atom stereocenters. The molecule has 134 valence electrons. The predicted molar refractivity (Wildman–Crippen MR) is 92.8 cm³/mol. The number of rotatable bonds is 4. The van der Waals surface area contributed by atoms with E-state index < -0.39 is 11.5 Å². The van der Waals surface area contributed by atoms with Gasteiger partial charge in [-0.2, -0.15) is 0 Å². The summed E-state index contributed by atoms with van der Waals surface area (Å²) in [7, 11) is 2.20. The molecule has 1 aromatic heterocycles. The summed E-state index contributed by atoms with van der Waals surface area (Å²) in [6.07, 6.45) is 5.12. The van der Waals surface area contributed by atoms with Crippen molar-refractivity contribution in [2.24, 2.45) is 7.05 Å². The zero-order chi connectivity index (χ0) is 19.1. The second kappa shape index (κ2) is 8.83. The second-order valence-corrected chi connectivity index (χ2v) is 5.25. The third kappa shape index (κ3) is 4.15. The molecule has 1 heterocycles. The fourth-order valence-electron chi connectivity index (χ4n) is 2.53. The molecule has 5 nitrogen and oxygen atoms in total. The van der Waals surface area contributed by atoms with Gasteiger partial charge >= 0.3 is 0 Å². The van der Waals surface area contributed by atoms with E-state index in [9.17, 15) is 18.4 Å². The van der Waals surface area contributed by atoms with E-state index in [4.69, 9.17) is 6.42 Å². The summed E-state index contributed by atoms with van der Waals surface area (Å²) < 4.78 is 25.7. The van der Waals surface area contributed by atoms with Gasteiger partial charge in [0.2, 0.25) is 0 Å². The van der Waals surface area contributed by atoms with Gasteiger partial charge in [0.1, 0.15) is 11.4 Å². The van der Waals surface area contributed by atoms with Crippen molar-refractivity contribution in [3.05, 3.63) is 57.3 Å². The lowest BCUT2D eigenvalue weighted by atomic mass is 10.1. The Balaban J connectivity index is 0.00000151. The highest BCUT2D eigenvalue weighted by Gasteiger charge is 2.24. The van der Waals surface area contributed by atoms with Crippen molar-refractivity contribution < 1.29 is 13.6 Å². The molecular weight excluding hydrogens is 328 g/mol. The second-order valence-electron chi connectivity index (χ2n) is 5.25. The fraction of sp³-hybridized carbons (Fsp3) is 0.333. The Morgan fingerprint density at radius 1 is 1.32 bits per heavy atom. The monoisotopic (exact) mass is 349 g/mol. The lowest BCUT2D eigenvalue weighted by Crippen LogP contribution is -2.32. The van der Waals surface area contributed by atoms with Crippen molar-refractivity contribution in [3.8, 4) is 12.3 Å². The van der Waals surface area contributed by atoms with E-state index in [-0.39, 0.29) is 24.0 Å². The van der Waals surface area contributed by atoms with Crippen LogP contribution < -0.4 is 10.9 Å². The van der Waals surface area contributed by atoms with Gasteiger partial charge in [-0.3, -0.25) is 18.7 Å². The largest absolute Gasteiger partial charge is 0.341 e. The molecule has 0 radical (unpaired) electrons. The molecule has 2 rings (SSSR count). The lowest BCUT2D eigenvalue weighted by Gasteiger charge is -2.17. The van der Waals surface area contributed by atoms with Gasteiger partial charge in [-0.15, -0.1) is 6.42 Å². The van der Waals surface area contributed by atoms with Crippen molar-refractivity contribution >= 4 is 5.91 Å². The van der Waals surface area contributed by atoms with E-state index in [1.54, 1.807) is 30.8 Å². The van der Waals surface area contributed by atoms with Crippen LogP contribution >= 0.6 is 0 Å². The van der Waals surface area contributed by atoms with Crippen molar-refractivity contribution in [3.63, 3.8) is 0 Å². The maximum atomic E-state index is 13.1. The van der Waals surface area contributed by atoms with Crippen LogP contribution in [-0.4, -0.2) is 29.0 Å². The van der Waals surface area contributed by atoms with Gasteiger partial charge in [-0.1, -0.05) is 18.1 Å². The van der Waals surface area contributed by atoms with E-state index in [0.29, 0.717) is 12.9 Å². The van der Waals surface area contributed by atoms with Gasteiger partial charge in [0.15, 0.2) is 0 Å². The highest BCUT2D eigenvalue weighted by atomic mass is 19.1. The highest BCUT2D eigenvalue weighted by Crippen LogP contribution is 2.18. The van der Waals surface area contributed by atoms with Gasteiger partial charge in [-0.05, 0) is 31.5 Å². The minimum absolute atomic E-state index is 0.0557. The number of hydrogen-bond acceptors (Lipinski definition) is 2. The smallest absolute Gasteiger partial charge is 0.280 e. The topological polar surface area (TPSA) is 56.0 Å². The number of halogens is 2. The summed E-state index contributed by atoms with van der Waals surface area (Å²) >= 11 is 0. The SMILES string of the molecule is C#CCNC(=O)c1c(C)n(C)n(C(C)c2ccc(F)cc2)c1=O.CF. The Hall–Kier alpha value is -2.88. The zero-order valence-electron chi connectivity index (χ0n) is 14.6. The van der Waals surface area contributed by atoms with Crippen LogP contribution in [0.5, 0.6) is 0 Å². The lowest BCUT2D eigenvalue weighted by molar-refractivity contribution is 0.0957. The minimum atomic E-state index is -0.494. The Morgan fingerprint density at radius 3 is 2.40 bits per heavy atom. The van der Waals surface area contributed by atoms with Crippen LogP contribution in [0, 0.1) is 25.1 Å². The molecule has 0 saturated carbocycles. The first-order valence-corrected chi connectivity index (χ1v) is 7.51. The van der Waals surface area contributed by atoms with Crippen molar-refractivity contribution in [1.29, 1.82) is 0 Å². The molecule has 1 N–H and O–H groups in total. The molecule has 0 bridgehead atoms. The number of aromatic nitrogens is 2. The highest BCUT2D eigenvalue weighted by molar-refractivity contribution is 5.95. The Bertz CT molecular complexity index is 830. The Morgan fingerprint density at radius 2 is 1.88 bits per heavy atom. The number of terminal acetylenes is 1. The van der Waals surface area contributed by atoms with E-state index >= 15 is 0 Å². The standard InChI is InChI=1S/C17H18FN3O2.CH3F/c1-5-10-19-16(22)15-12(3)20(4)21(17(15)23)11(2)13-6-8-14(18)9-7-13;1-2/h1,6-9,11H,10H2,2-4H3,(H,19,22);1H3.